The van der Waals surface area contributed by atoms with Crippen LogP contribution in [0.5, 0.6) is 0 Å². The van der Waals surface area contributed by atoms with Crippen LogP contribution in [-0.4, -0.2) is 19.9 Å². The van der Waals surface area contributed by atoms with Crippen molar-refractivity contribution in [3.05, 3.63) is 119 Å². The zero-order valence-electron chi connectivity index (χ0n) is 19.8. The summed E-state index contributed by atoms with van der Waals surface area (Å²) >= 11 is -0.226. The fourth-order valence-electron chi connectivity index (χ4n) is 2.14. The molecule has 0 unspecified atom stereocenters. The molecule has 0 aliphatic heterocycles. The van der Waals surface area contributed by atoms with E-state index in [1.165, 1.54) is 0 Å². The fraction of sp³-hybridized carbons (Fsp3) is 0.167. The number of aryl methyl sites for hydroxylation is 4. The first-order valence-corrected chi connectivity index (χ1v) is 14.2. The maximum atomic E-state index is 7.02. The third kappa shape index (κ3) is 19.0. The molecule has 4 aromatic rings. The van der Waals surface area contributed by atoms with E-state index in [-0.39, 0.29) is 15.1 Å². The van der Waals surface area contributed by atoms with Crippen LogP contribution in [0.3, 0.4) is 0 Å². The molecule has 0 aliphatic carbocycles. The number of hydrogen-bond donors (Lipinski definition) is 0. The van der Waals surface area contributed by atoms with Gasteiger partial charge in [-0.05, 0) is 27.7 Å². The van der Waals surface area contributed by atoms with E-state index in [1.54, 1.807) is 49.1 Å². The molecule has 0 aromatic carbocycles. The molecule has 0 bridgehead atoms. The minimum atomic E-state index is -0.226. The Morgan fingerprint density at radius 2 is 0.657 bits per heavy atom. The van der Waals surface area contributed by atoms with E-state index in [0.717, 1.165) is 22.3 Å². The van der Waals surface area contributed by atoms with Gasteiger partial charge in [0, 0.05) is 0 Å². The first-order valence-electron chi connectivity index (χ1n) is 9.98. The average molecular weight is 602 g/mol. The van der Waals surface area contributed by atoms with Crippen molar-refractivity contribution in [1.82, 2.24) is 19.9 Å². The molecule has 0 radical (unpaired) electrons. The molecular formula is C24H28Cl2N8Rh-4. The van der Waals surface area contributed by atoms with Gasteiger partial charge >= 0.3 is 34.5 Å². The van der Waals surface area contributed by atoms with E-state index in [4.69, 9.17) is 42.3 Å². The number of nitrogens with one attached hydrogen (secondary N) is 4. The molecule has 0 aliphatic rings. The Morgan fingerprint density at radius 3 is 0.743 bits per heavy atom. The van der Waals surface area contributed by atoms with Gasteiger partial charge in [-0.3, -0.25) is 0 Å². The maximum absolute atomic E-state index is 7.02. The van der Waals surface area contributed by atoms with Crippen molar-refractivity contribution in [1.29, 1.82) is 0 Å². The number of hydrogen-bond acceptors (Lipinski definition) is 4. The average Bonchev–Trinajstić information content (AvgIpc) is 2.75. The predicted octanol–water partition coefficient (Wildman–Crippen LogP) is 9.67. The summed E-state index contributed by atoms with van der Waals surface area (Å²) in [6, 6.07) is 14.4. The van der Waals surface area contributed by atoms with Crippen molar-refractivity contribution in [3.8, 4) is 0 Å². The molecule has 4 heterocycles. The molecule has 4 aromatic heterocycles. The van der Waals surface area contributed by atoms with Gasteiger partial charge in [0.25, 0.3) is 0 Å². The Morgan fingerprint density at radius 1 is 0.486 bits per heavy atom. The molecule has 0 spiro atoms. The number of aromatic nitrogens is 4. The third-order valence-corrected chi connectivity index (χ3v) is 3.66. The molecular weight excluding hydrogens is 574 g/mol. The first kappa shape index (κ1) is 32.0. The summed E-state index contributed by atoms with van der Waals surface area (Å²) in [4.78, 5) is 14.8. The van der Waals surface area contributed by atoms with Gasteiger partial charge < -0.3 is 42.9 Å². The molecule has 0 saturated heterocycles. The van der Waals surface area contributed by atoms with Crippen LogP contribution in [0, 0.1) is 27.7 Å². The molecule has 4 rings (SSSR count). The number of nitrogens with zero attached hydrogens (tertiary/aromatic N) is 4. The van der Waals surface area contributed by atoms with E-state index in [1.807, 2.05) is 52.0 Å². The number of rotatable bonds is 0. The zero-order chi connectivity index (χ0) is 26.6. The Labute approximate surface area is 223 Å². The normalized spacial score (nSPS) is 8.97. The van der Waals surface area contributed by atoms with Gasteiger partial charge in [-0.2, -0.15) is 0 Å². The molecule has 191 valence electrons. The van der Waals surface area contributed by atoms with Gasteiger partial charge in [0.1, 0.15) is 0 Å². The van der Waals surface area contributed by atoms with Crippen molar-refractivity contribution in [2.75, 3.05) is 0 Å². The summed E-state index contributed by atoms with van der Waals surface area (Å²) in [6.45, 7) is 7.78. The standard InChI is InChI=1S/4C6H7N2.2ClH.Rh/c4*1-5-2-3-8-6(7)4-5;;;/h4*2-4H,1H3,(H-,7,8);2*1H;/q4*-1;;;+2/p-2. The Bertz CT molecular complexity index is 873. The quantitative estimate of drug-likeness (QED) is 0.184. The second-order valence-electron chi connectivity index (χ2n) is 6.92. The Hall–Kier alpha value is -3.00. The molecule has 0 amide bonds. The molecule has 0 saturated carbocycles. The Kier molecular flexibility index (Phi) is 17.7. The summed E-state index contributed by atoms with van der Waals surface area (Å²) in [5.74, 6) is 1.35. The predicted molar refractivity (Wildman–Crippen MR) is 144 cm³/mol. The van der Waals surface area contributed by atoms with Crippen LogP contribution in [0.2, 0.25) is 0 Å². The fourth-order valence-corrected chi connectivity index (χ4v) is 2.14. The van der Waals surface area contributed by atoms with Crippen LogP contribution in [0.15, 0.2) is 73.3 Å². The van der Waals surface area contributed by atoms with E-state index in [9.17, 15) is 0 Å². The second kappa shape index (κ2) is 19.3. The topological polar surface area (TPSA) is 147 Å². The van der Waals surface area contributed by atoms with Crippen LogP contribution >= 0.6 is 19.4 Å². The molecule has 0 fully saturated rings. The van der Waals surface area contributed by atoms with Gasteiger partial charge in [-0.1, -0.05) is 119 Å². The van der Waals surface area contributed by atoms with E-state index in [2.05, 4.69) is 19.9 Å². The van der Waals surface area contributed by atoms with Gasteiger partial charge in [-0.25, -0.2) is 0 Å². The zero-order valence-corrected chi connectivity index (χ0v) is 23.0. The summed E-state index contributed by atoms with van der Waals surface area (Å²) < 4.78 is 0. The molecule has 8 nitrogen and oxygen atoms in total. The van der Waals surface area contributed by atoms with Crippen LogP contribution < -0.4 is 0 Å². The van der Waals surface area contributed by atoms with Crippen molar-refractivity contribution in [3.63, 3.8) is 0 Å². The summed E-state index contributed by atoms with van der Waals surface area (Å²) in [6.07, 6.45) is 6.55. The van der Waals surface area contributed by atoms with Crippen LogP contribution in [0.25, 0.3) is 22.9 Å². The second-order valence-corrected chi connectivity index (χ2v) is 9.41. The first-order chi connectivity index (χ1) is 16.6. The van der Waals surface area contributed by atoms with Crippen LogP contribution in [0.4, 0.5) is 23.3 Å². The van der Waals surface area contributed by atoms with E-state index in [0.29, 0.717) is 23.3 Å². The van der Waals surface area contributed by atoms with Crippen molar-refractivity contribution >= 4 is 42.7 Å². The monoisotopic (exact) mass is 601 g/mol. The van der Waals surface area contributed by atoms with Crippen molar-refractivity contribution in [2.45, 2.75) is 27.7 Å². The number of halogens is 2. The molecule has 4 N–H and O–H groups in total. The number of pyridine rings is 4. The minimum absolute atomic E-state index is 0.226. The van der Waals surface area contributed by atoms with E-state index < -0.39 is 0 Å². The van der Waals surface area contributed by atoms with Crippen molar-refractivity contribution in [2.24, 2.45) is 0 Å². The summed E-state index contributed by atoms with van der Waals surface area (Å²) in [5, 5.41) is 0. The van der Waals surface area contributed by atoms with Crippen LogP contribution in [0.1, 0.15) is 22.3 Å². The summed E-state index contributed by atoms with van der Waals surface area (Å²) in [7, 11) is 9.67. The Balaban J connectivity index is 0.000000424. The molecule has 0 atom stereocenters. The van der Waals surface area contributed by atoms with Crippen molar-refractivity contribution < 1.29 is 15.1 Å². The SMILES string of the molecule is Cc1ccnc([NH-])c1.Cc1ccnc([NH-])c1.Cc1ccnc([NH-])c1.Cc1ccnc([NH-])c1.[Cl][Rh][Cl]. The van der Waals surface area contributed by atoms with Gasteiger partial charge in [0.2, 0.25) is 0 Å². The van der Waals surface area contributed by atoms with Gasteiger partial charge in [0.05, 0.1) is 0 Å². The van der Waals surface area contributed by atoms with Crippen LogP contribution in [-0.2, 0) is 15.1 Å². The van der Waals surface area contributed by atoms with Gasteiger partial charge in [-0.15, -0.1) is 0 Å². The molecule has 35 heavy (non-hydrogen) atoms. The third-order valence-electron chi connectivity index (χ3n) is 3.66. The molecule has 11 heteroatoms. The van der Waals surface area contributed by atoms with E-state index >= 15 is 0 Å². The van der Waals surface area contributed by atoms with Gasteiger partial charge in [0.15, 0.2) is 0 Å². The summed E-state index contributed by atoms with van der Waals surface area (Å²) in [5.41, 5.74) is 32.5.